The fourth-order valence-corrected chi connectivity index (χ4v) is 4.35. The second-order valence-corrected chi connectivity index (χ2v) is 8.07. The highest BCUT2D eigenvalue weighted by molar-refractivity contribution is 5.83. The molecule has 0 atom stereocenters. The lowest BCUT2D eigenvalue weighted by Crippen LogP contribution is -2.37. The molecule has 0 spiro atoms. The van der Waals surface area contributed by atoms with Crippen molar-refractivity contribution in [2.75, 3.05) is 33.9 Å². The van der Waals surface area contributed by atoms with Crippen LogP contribution in [0.25, 0.3) is 10.9 Å². The number of aromatic nitrogens is 1. The van der Waals surface area contributed by atoms with Crippen LogP contribution >= 0.6 is 0 Å². The number of rotatable bonds is 9. The van der Waals surface area contributed by atoms with E-state index in [-0.39, 0.29) is 5.91 Å². The predicted octanol–water partition coefficient (Wildman–Crippen LogP) is 3.68. The van der Waals surface area contributed by atoms with Gasteiger partial charge in [0.2, 0.25) is 5.91 Å². The fourth-order valence-electron chi connectivity index (χ4n) is 4.35. The highest BCUT2D eigenvalue weighted by Crippen LogP contribution is 2.33. The van der Waals surface area contributed by atoms with Crippen LogP contribution in [0.4, 0.5) is 0 Å². The van der Waals surface area contributed by atoms with Crippen LogP contribution in [0.2, 0.25) is 0 Å². The van der Waals surface area contributed by atoms with Crippen molar-refractivity contribution in [2.24, 2.45) is 0 Å². The monoisotopic (exact) mass is 421 g/mol. The quantitative estimate of drug-likeness (QED) is 0.553. The Morgan fingerprint density at radius 3 is 2.71 bits per heavy atom. The first-order valence-corrected chi connectivity index (χ1v) is 11.0. The number of hydrogen-bond acceptors (Lipinski definition) is 4. The van der Waals surface area contributed by atoms with E-state index in [2.05, 4.69) is 51.7 Å². The zero-order chi connectivity index (χ0) is 21.6. The molecule has 4 rings (SSSR count). The normalized spacial score (nSPS) is 13.7. The Kier molecular flexibility index (Phi) is 6.77. The van der Waals surface area contributed by atoms with Crippen LogP contribution in [0.3, 0.4) is 0 Å². The van der Waals surface area contributed by atoms with Crippen LogP contribution in [0.5, 0.6) is 11.5 Å². The number of methoxy groups -OCH3 is 2. The first-order chi connectivity index (χ1) is 15.2. The molecule has 0 aliphatic carbocycles. The summed E-state index contributed by atoms with van der Waals surface area (Å²) in [6.45, 7) is 3.38. The number of aryl methyl sites for hydroxylation is 1. The molecule has 2 N–H and O–H groups in total. The van der Waals surface area contributed by atoms with Crippen molar-refractivity contribution in [1.29, 1.82) is 0 Å². The summed E-state index contributed by atoms with van der Waals surface area (Å²) in [5, 5.41) is 4.33. The number of nitrogens with zero attached hydrogens (tertiary/aromatic N) is 1. The minimum Gasteiger partial charge on any atom is -0.493 e. The number of aromatic amines is 1. The van der Waals surface area contributed by atoms with Gasteiger partial charge in [-0.05, 0) is 54.2 Å². The van der Waals surface area contributed by atoms with Gasteiger partial charge >= 0.3 is 0 Å². The summed E-state index contributed by atoms with van der Waals surface area (Å²) in [7, 11) is 3.33. The Hall–Kier alpha value is -2.99. The minimum atomic E-state index is 0.128. The van der Waals surface area contributed by atoms with Crippen LogP contribution in [-0.4, -0.2) is 49.6 Å². The lowest BCUT2D eigenvalue weighted by Gasteiger charge is -2.29. The average molecular weight is 422 g/mol. The van der Waals surface area contributed by atoms with E-state index in [9.17, 15) is 4.79 Å². The summed E-state index contributed by atoms with van der Waals surface area (Å²) in [6, 6.07) is 12.5. The van der Waals surface area contributed by atoms with Crippen molar-refractivity contribution < 1.29 is 14.3 Å². The summed E-state index contributed by atoms with van der Waals surface area (Å²) in [5.74, 6) is 1.69. The molecule has 6 heteroatoms. The Balaban J connectivity index is 1.20. The number of para-hydroxylation sites is 1. The lowest BCUT2D eigenvalue weighted by molar-refractivity contribution is -0.121. The largest absolute Gasteiger partial charge is 0.493 e. The number of benzene rings is 2. The molecule has 31 heavy (non-hydrogen) atoms. The SMILES string of the molecule is COc1cc2c(cc1OC)CN(CCNC(=O)CCCc1c[nH]c3ccccc13)CC2. The molecule has 164 valence electrons. The molecule has 1 aromatic heterocycles. The third kappa shape index (κ3) is 5.02. The molecule has 0 bridgehead atoms. The van der Waals surface area contributed by atoms with Crippen LogP contribution < -0.4 is 14.8 Å². The van der Waals surface area contributed by atoms with Gasteiger partial charge < -0.3 is 19.8 Å². The smallest absolute Gasteiger partial charge is 0.220 e. The summed E-state index contributed by atoms with van der Waals surface area (Å²) in [4.78, 5) is 17.9. The maximum Gasteiger partial charge on any atom is 0.220 e. The van der Waals surface area contributed by atoms with Gasteiger partial charge in [0, 0.05) is 49.7 Å². The molecule has 0 fully saturated rings. The molecule has 6 nitrogen and oxygen atoms in total. The molecule has 2 aromatic carbocycles. The molecule has 1 amide bonds. The molecular weight excluding hydrogens is 390 g/mol. The van der Waals surface area contributed by atoms with Gasteiger partial charge in [-0.2, -0.15) is 0 Å². The van der Waals surface area contributed by atoms with Gasteiger partial charge in [-0.1, -0.05) is 18.2 Å². The van der Waals surface area contributed by atoms with E-state index in [1.54, 1.807) is 14.2 Å². The van der Waals surface area contributed by atoms with Crippen molar-refractivity contribution >= 4 is 16.8 Å². The first-order valence-electron chi connectivity index (χ1n) is 11.0. The van der Waals surface area contributed by atoms with E-state index < -0.39 is 0 Å². The van der Waals surface area contributed by atoms with Gasteiger partial charge in [0.15, 0.2) is 11.5 Å². The second kappa shape index (κ2) is 9.88. The van der Waals surface area contributed by atoms with Gasteiger partial charge in [-0.25, -0.2) is 0 Å². The van der Waals surface area contributed by atoms with E-state index in [0.717, 1.165) is 55.9 Å². The number of carbonyl (C=O) groups excluding carboxylic acids is 1. The van der Waals surface area contributed by atoms with Gasteiger partial charge in [0.05, 0.1) is 14.2 Å². The maximum absolute atomic E-state index is 12.3. The van der Waals surface area contributed by atoms with Crippen LogP contribution in [0.1, 0.15) is 29.5 Å². The van der Waals surface area contributed by atoms with E-state index >= 15 is 0 Å². The van der Waals surface area contributed by atoms with E-state index in [0.29, 0.717) is 13.0 Å². The fraction of sp³-hybridized carbons (Fsp3) is 0.400. The van der Waals surface area contributed by atoms with Crippen molar-refractivity contribution in [3.8, 4) is 11.5 Å². The van der Waals surface area contributed by atoms with Crippen LogP contribution in [-0.2, 0) is 24.2 Å². The van der Waals surface area contributed by atoms with Gasteiger partial charge in [-0.15, -0.1) is 0 Å². The number of hydrogen-bond donors (Lipinski definition) is 2. The van der Waals surface area contributed by atoms with Gasteiger partial charge in [-0.3, -0.25) is 9.69 Å². The molecule has 2 heterocycles. The first kappa shape index (κ1) is 21.2. The highest BCUT2D eigenvalue weighted by atomic mass is 16.5. The molecule has 0 unspecified atom stereocenters. The topological polar surface area (TPSA) is 66.6 Å². The molecule has 1 aliphatic heterocycles. The van der Waals surface area contributed by atoms with E-state index in [1.807, 2.05) is 6.07 Å². The maximum atomic E-state index is 12.3. The minimum absolute atomic E-state index is 0.128. The Bertz CT molecular complexity index is 1040. The Morgan fingerprint density at radius 2 is 1.90 bits per heavy atom. The third-order valence-corrected chi connectivity index (χ3v) is 6.07. The highest BCUT2D eigenvalue weighted by Gasteiger charge is 2.19. The summed E-state index contributed by atoms with van der Waals surface area (Å²) >= 11 is 0. The number of carbonyl (C=O) groups is 1. The predicted molar refractivity (Wildman–Crippen MR) is 123 cm³/mol. The van der Waals surface area contributed by atoms with Crippen molar-refractivity contribution in [2.45, 2.75) is 32.2 Å². The molecule has 0 saturated carbocycles. The van der Waals surface area contributed by atoms with Crippen LogP contribution in [0, 0.1) is 0 Å². The van der Waals surface area contributed by atoms with Crippen LogP contribution in [0.15, 0.2) is 42.6 Å². The average Bonchev–Trinajstić information content (AvgIpc) is 3.21. The van der Waals surface area contributed by atoms with E-state index in [4.69, 9.17) is 9.47 Å². The zero-order valence-electron chi connectivity index (χ0n) is 18.4. The van der Waals surface area contributed by atoms with Gasteiger partial charge in [0.25, 0.3) is 0 Å². The number of H-pyrrole nitrogens is 1. The third-order valence-electron chi connectivity index (χ3n) is 6.07. The molecule has 1 aliphatic rings. The Labute approximate surface area is 183 Å². The molecule has 3 aromatic rings. The van der Waals surface area contributed by atoms with Crippen molar-refractivity contribution in [3.63, 3.8) is 0 Å². The number of nitrogens with one attached hydrogen (secondary N) is 2. The molecular formula is C25H31N3O3. The zero-order valence-corrected chi connectivity index (χ0v) is 18.4. The Morgan fingerprint density at radius 1 is 1.13 bits per heavy atom. The molecule has 0 saturated heterocycles. The molecule has 0 radical (unpaired) electrons. The van der Waals surface area contributed by atoms with Gasteiger partial charge in [0.1, 0.15) is 0 Å². The second-order valence-electron chi connectivity index (χ2n) is 8.07. The standard InChI is InChI=1S/C25H31N3O3/c1-30-23-14-18-10-12-28(17-20(18)15-24(23)31-2)13-11-26-25(29)9-5-6-19-16-27-22-8-4-3-7-21(19)22/h3-4,7-8,14-16,27H,5-6,9-13,17H2,1-2H3,(H,26,29). The van der Waals surface area contributed by atoms with E-state index in [1.165, 1.54) is 22.1 Å². The van der Waals surface area contributed by atoms with Crippen molar-refractivity contribution in [1.82, 2.24) is 15.2 Å². The summed E-state index contributed by atoms with van der Waals surface area (Å²) in [5.41, 5.74) is 5.02. The summed E-state index contributed by atoms with van der Waals surface area (Å²) < 4.78 is 10.8. The number of fused-ring (bicyclic) bond motifs is 2. The van der Waals surface area contributed by atoms with Crippen molar-refractivity contribution in [3.05, 3.63) is 59.3 Å². The number of amides is 1. The number of ether oxygens (including phenoxy) is 2. The lowest BCUT2D eigenvalue weighted by atomic mass is 9.99. The summed E-state index contributed by atoms with van der Waals surface area (Å²) in [6.07, 6.45) is 5.35.